The number of sulfonamides is 1. The molecule has 8 heteroatoms. The molecule has 0 bridgehead atoms. The Labute approximate surface area is 145 Å². The normalized spacial score (nSPS) is 11.4. The van der Waals surface area contributed by atoms with E-state index in [0.29, 0.717) is 0 Å². The summed E-state index contributed by atoms with van der Waals surface area (Å²) in [6, 6.07) is 8.52. The maximum atomic E-state index is 14.8. The number of nitrogens with two attached hydrogens (primary N) is 1. The van der Waals surface area contributed by atoms with E-state index in [2.05, 4.69) is 5.32 Å². The minimum atomic E-state index is -4.15. The van der Waals surface area contributed by atoms with Gasteiger partial charge in [0.1, 0.15) is 0 Å². The zero-order valence-electron chi connectivity index (χ0n) is 14.0. The third-order valence-electron chi connectivity index (χ3n) is 3.22. The fourth-order valence-corrected chi connectivity index (χ4v) is 3.10. The van der Waals surface area contributed by atoms with Crippen LogP contribution in [0.3, 0.4) is 0 Å². The van der Waals surface area contributed by atoms with Crippen molar-refractivity contribution in [1.82, 2.24) is 0 Å². The van der Waals surface area contributed by atoms with Gasteiger partial charge in [0.25, 0.3) is 0 Å². The molecule has 2 aromatic carbocycles. The Morgan fingerprint density at radius 2 is 1.88 bits per heavy atom. The number of nitrogens with one attached hydrogen (secondary N) is 1. The third-order valence-corrected chi connectivity index (χ3v) is 4.18. The molecular formula is C17H19FN2O4S. The van der Waals surface area contributed by atoms with Gasteiger partial charge in [0.2, 0.25) is 15.9 Å². The SMILES string of the molecule is CC(=O)Nc1ccc(-c2cccc(OC(C)C)c2F)c(S(N)(=O)=O)c1. The third kappa shape index (κ3) is 4.55. The molecule has 0 spiro atoms. The van der Waals surface area contributed by atoms with E-state index < -0.39 is 15.8 Å². The van der Waals surface area contributed by atoms with Crippen molar-refractivity contribution in [3.63, 3.8) is 0 Å². The molecule has 0 atom stereocenters. The van der Waals surface area contributed by atoms with E-state index >= 15 is 0 Å². The molecule has 0 fully saturated rings. The predicted molar refractivity (Wildman–Crippen MR) is 93.3 cm³/mol. The standard InChI is InChI=1S/C17H19FN2O4S/c1-10(2)24-15-6-4-5-14(17(15)18)13-8-7-12(20-11(3)21)9-16(13)25(19,22)23/h4-10H,1-3H3,(H,20,21)(H2,19,22,23). The number of halogens is 1. The Morgan fingerprint density at radius 3 is 2.44 bits per heavy atom. The highest BCUT2D eigenvalue weighted by molar-refractivity contribution is 7.89. The van der Waals surface area contributed by atoms with E-state index in [4.69, 9.17) is 9.88 Å². The molecule has 0 aliphatic heterocycles. The second-order valence-electron chi connectivity index (χ2n) is 5.72. The average molecular weight is 366 g/mol. The number of hydrogen-bond acceptors (Lipinski definition) is 4. The molecule has 1 amide bonds. The summed E-state index contributed by atoms with van der Waals surface area (Å²) in [7, 11) is -4.15. The average Bonchev–Trinajstić information content (AvgIpc) is 2.48. The molecule has 134 valence electrons. The lowest BCUT2D eigenvalue weighted by molar-refractivity contribution is -0.114. The van der Waals surface area contributed by atoms with Gasteiger partial charge >= 0.3 is 0 Å². The van der Waals surface area contributed by atoms with Gasteiger partial charge in [-0.05, 0) is 32.0 Å². The maximum Gasteiger partial charge on any atom is 0.238 e. The number of carbonyl (C=O) groups is 1. The van der Waals surface area contributed by atoms with Crippen LogP contribution in [0.2, 0.25) is 0 Å². The summed E-state index contributed by atoms with van der Waals surface area (Å²) < 4.78 is 44.1. The summed E-state index contributed by atoms with van der Waals surface area (Å²) in [6.45, 7) is 4.80. The molecule has 0 saturated heterocycles. The van der Waals surface area contributed by atoms with Crippen LogP contribution in [0.4, 0.5) is 10.1 Å². The number of primary sulfonamides is 1. The number of hydrogen-bond donors (Lipinski definition) is 2. The summed E-state index contributed by atoms with van der Waals surface area (Å²) >= 11 is 0. The summed E-state index contributed by atoms with van der Waals surface area (Å²) in [5.74, 6) is -1.04. The zero-order valence-corrected chi connectivity index (χ0v) is 14.9. The highest BCUT2D eigenvalue weighted by Crippen LogP contribution is 2.34. The van der Waals surface area contributed by atoms with Gasteiger partial charge in [0, 0.05) is 23.7 Å². The number of benzene rings is 2. The number of amides is 1. The molecular weight excluding hydrogens is 347 g/mol. The lowest BCUT2D eigenvalue weighted by atomic mass is 10.0. The molecule has 3 N–H and O–H groups in total. The van der Waals surface area contributed by atoms with Gasteiger partial charge < -0.3 is 10.1 Å². The molecule has 6 nitrogen and oxygen atoms in total. The second-order valence-corrected chi connectivity index (χ2v) is 7.25. The predicted octanol–water partition coefficient (Wildman–Crippen LogP) is 2.89. The summed E-state index contributed by atoms with van der Waals surface area (Å²) in [5, 5.41) is 7.74. The van der Waals surface area contributed by atoms with Gasteiger partial charge in [-0.25, -0.2) is 17.9 Å². The molecule has 0 heterocycles. The van der Waals surface area contributed by atoms with Crippen LogP contribution in [0, 0.1) is 5.82 Å². The van der Waals surface area contributed by atoms with Gasteiger partial charge in [0.05, 0.1) is 11.0 Å². The van der Waals surface area contributed by atoms with E-state index in [-0.39, 0.29) is 39.5 Å². The minimum Gasteiger partial charge on any atom is -0.488 e. The lowest BCUT2D eigenvalue weighted by Crippen LogP contribution is -2.15. The van der Waals surface area contributed by atoms with Crippen molar-refractivity contribution >= 4 is 21.6 Å². The van der Waals surface area contributed by atoms with Crippen LogP contribution < -0.4 is 15.2 Å². The highest BCUT2D eigenvalue weighted by Gasteiger charge is 2.21. The van der Waals surface area contributed by atoms with Gasteiger partial charge in [-0.1, -0.05) is 18.2 Å². The lowest BCUT2D eigenvalue weighted by Gasteiger charge is -2.15. The van der Waals surface area contributed by atoms with Crippen LogP contribution in [-0.2, 0) is 14.8 Å². The first kappa shape index (κ1) is 18.9. The second kappa shape index (κ2) is 7.20. The van der Waals surface area contributed by atoms with Crippen LogP contribution in [0.25, 0.3) is 11.1 Å². The van der Waals surface area contributed by atoms with Crippen molar-refractivity contribution in [3.8, 4) is 16.9 Å². The molecule has 0 saturated carbocycles. The van der Waals surface area contributed by atoms with E-state index in [1.54, 1.807) is 19.9 Å². The van der Waals surface area contributed by atoms with E-state index in [1.807, 2.05) is 0 Å². The molecule has 2 aromatic rings. The van der Waals surface area contributed by atoms with E-state index in [1.165, 1.54) is 37.3 Å². The topological polar surface area (TPSA) is 98.5 Å². The number of ether oxygens (including phenoxy) is 1. The Balaban J connectivity index is 2.65. The van der Waals surface area contributed by atoms with Crippen LogP contribution in [0.5, 0.6) is 5.75 Å². The Hall–Kier alpha value is -2.45. The first-order valence-corrected chi connectivity index (χ1v) is 9.04. The van der Waals surface area contributed by atoms with Crippen LogP contribution in [-0.4, -0.2) is 20.4 Å². The summed E-state index contributed by atoms with van der Waals surface area (Å²) in [6.07, 6.45) is -0.246. The molecule has 0 unspecified atom stereocenters. The Kier molecular flexibility index (Phi) is 5.44. The van der Waals surface area contributed by atoms with Crippen molar-refractivity contribution in [2.45, 2.75) is 31.8 Å². The molecule has 25 heavy (non-hydrogen) atoms. The van der Waals surface area contributed by atoms with Gasteiger partial charge in [-0.2, -0.15) is 0 Å². The van der Waals surface area contributed by atoms with Gasteiger partial charge in [-0.3, -0.25) is 4.79 Å². The van der Waals surface area contributed by atoms with Crippen LogP contribution in [0.1, 0.15) is 20.8 Å². The van der Waals surface area contributed by atoms with Crippen molar-refractivity contribution < 1.29 is 22.3 Å². The highest BCUT2D eigenvalue weighted by atomic mass is 32.2. The zero-order chi connectivity index (χ0) is 18.8. The fraction of sp³-hybridized carbons (Fsp3) is 0.235. The summed E-state index contributed by atoms with van der Waals surface area (Å²) in [5.41, 5.74) is 0.370. The van der Waals surface area contributed by atoms with Crippen molar-refractivity contribution in [1.29, 1.82) is 0 Å². The maximum absolute atomic E-state index is 14.8. The largest absolute Gasteiger partial charge is 0.488 e. The molecule has 2 rings (SSSR count). The first-order valence-electron chi connectivity index (χ1n) is 7.49. The minimum absolute atomic E-state index is 0.0128. The van der Waals surface area contributed by atoms with Crippen LogP contribution >= 0.6 is 0 Å². The monoisotopic (exact) mass is 366 g/mol. The number of anilines is 1. The summed E-state index contributed by atoms with van der Waals surface area (Å²) in [4.78, 5) is 10.9. The fourth-order valence-electron chi connectivity index (χ4n) is 2.33. The molecule has 0 aliphatic rings. The Morgan fingerprint density at radius 1 is 1.20 bits per heavy atom. The quantitative estimate of drug-likeness (QED) is 0.850. The molecule has 0 radical (unpaired) electrons. The van der Waals surface area contributed by atoms with Crippen molar-refractivity contribution in [2.75, 3.05) is 5.32 Å². The number of carbonyl (C=O) groups excluding carboxylic acids is 1. The molecule has 0 aliphatic carbocycles. The first-order chi connectivity index (χ1) is 11.6. The van der Waals surface area contributed by atoms with Gasteiger partial charge in [-0.15, -0.1) is 0 Å². The Bertz CT molecular complexity index is 911. The van der Waals surface area contributed by atoms with Gasteiger partial charge in [0.15, 0.2) is 11.6 Å². The smallest absolute Gasteiger partial charge is 0.238 e. The van der Waals surface area contributed by atoms with Crippen LogP contribution in [0.15, 0.2) is 41.3 Å². The van der Waals surface area contributed by atoms with E-state index in [9.17, 15) is 17.6 Å². The van der Waals surface area contributed by atoms with E-state index in [0.717, 1.165) is 0 Å². The molecule has 0 aromatic heterocycles. The van der Waals surface area contributed by atoms with Crippen molar-refractivity contribution in [3.05, 3.63) is 42.2 Å². The van der Waals surface area contributed by atoms with Crippen molar-refractivity contribution in [2.24, 2.45) is 5.14 Å². The number of rotatable bonds is 5.